The van der Waals surface area contributed by atoms with Gasteiger partial charge in [0.2, 0.25) is 0 Å². The Bertz CT molecular complexity index is 1260. The van der Waals surface area contributed by atoms with Crippen LogP contribution in [0.5, 0.6) is 0 Å². The van der Waals surface area contributed by atoms with Crippen LogP contribution in [0.2, 0.25) is 0 Å². The SMILES string of the molecule is O=C(O)c1ccc2nc(-c3cc4ccc(F)cc4o3)c(N3CCCCCC3)nc2c1. The van der Waals surface area contributed by atoms with Gasteiger partial charge in [-0.25, -0.2) is 19.2 Å². The van der Waals surface area contributed by atoms with Crippen molar-refractivity contribution in [1.82, 2.24) is 9.97 Å². The van der Waals surface area contributed by atoms with E-state index >= 15 is 0 Å². The lowest BCUT2D eigenvalue weighted by atomic mass is 10.1. The summed E-state index contributed by atoms with van der Waals surface area (Å²) in [4.78, 5) is 23.2. The Balaban J connectivity index is 1.71. The molecule has 2 aromatic carbocycles. The minimum absolute atomic E-state index is 0.172. The number of aromatic nitrogens is 2. The lowest BCUT2D eigenvalue weighted by Gasteiger charge is -2.23. The fourth-order valence-electron chi connectivity index (χ4n) is 3.97. The quantitative estimate of drug-likeness (QED) is 0.501. The molecule has 7 heteroatoms. The van der Waals surface area contributed by atoms with Gasteiger partial charge in [-0.1, -0.05) is 12.8 Å². The monoisotopic (exact) mass is 405 g/mol. The number of benzene rings is 2. The molecule has 1 fully saturated rings. The highest BCUT2D eigenvalue weighted by Gasteiger charge is 2.22. The van der Waals surface area contributed by atoms with Gasteiger partial charge in [0, 0.05) is 24.5 Å². The fourth-order valence-corrected chi connectivity index (χ4v) is 3.97. The lowest BCUT2D eigenvalue weighted by molar-refractivity contribution is 0.0697. The number of rotatable bonds is 3. The van der Waals surface area contributed by atoms with E-state index in [1.165, 1.54) is 31.0 Å². The van der Waals surface area contributed by atoms with Crippen molar-refractivity contribution < 1.29 is 18.7 Å². The van der Waals surface area contributed by atoms with Gasteiger partial charge in [0.1, 0.15) is 17.1 Å². The number of furan rings is 1. The van der Waals surface area contributed by atoms with Gasteiger partial charge in [0.15, 0.2) is 11.6 Å². The van der Waals surface area contributed by atoms with Crippen LogP contribution in [0.3, 0.4) is 0 Å². The van der Waals surface area contributed by atoms with E-state index in [0.717, 1.165) is 31.3 Å². The molecular formula is C23H20FN3O3. The van der Waals surface area contributed by atoms with Crippen LogP contribution in [0.25, 0.3) is 33.5 Å². The standard InChI is InChI=1S/C23H20FN3O3/c24-16-7-5-14-12-20(30-19(14)13-16)21-22(27-9-3-1-2-4-10-27)26-18-11-15(23(28)29)6-8-17(18)25-21/h5-8,11-13H,1-4,9-10H2,(H,28,29). The normalized spacial score (nSPS) is 14.9. The Labute approximate surface area is 172 Å². The first-order valence-corrected chi connectivity index (χ1v) is 10.1. The molecule has 152 valence electrons. The van der Waals surface area contributed by atoms with Crippen LogP contribution in [-0.2, 0) is 0 Å². The molecule has 0 aliphatic carbocycles. The van der Waals surface area contributed by atoms with Gasteiger partial charge >= 0.3 is 5.97 Å². The average Bonchev–Trinajstić information content (AvgIpc) is 2.97. The Morgan fingerprint density at radius 2 is 1.77 bits per heavy atom. The second kappa shape index (κ2) is 7.40. The Hall–Kier alpha value is -3.48. The van der Waals surface area contributed by atoms with Gasteiger partial charge < -0.3 is 14.4 Å². The van der Waals surface area contributed by atoms with Gasteiger partial charge in [0.25, 0.3) is 0 Å². The van der Waals surface area contributed by atoms with E-state index in [1.807, 2.05) is 6.07 Å². The number of carbonyl (C=O) groups is 1. The molecule has 0 saturated carbocycles. The molecule has 30 heavy (non-hydrogen) atoms. The van der Waals surface area contributed by atoms with Crippen LogP contribution in [0.1, 0.15) is 36.0 Å². The molecule has 2 aromatic heterocycles. The molecule has 1 aliphatic rings. The Kier molecular flexibility index (Phi) is 4.58. The van der Waals surface area contributed by atoms with Crippen molar-refractivity contribution in [2.45, 2.75) is 25.7 Å². The zero-order valence-electron chi connectivity index (χ0n) is 16.3. The maximum atomic E-state index is 13.6. The summed E-state index contributed by atoms with van der Waals surface area (Å²) in [5.74, 6) is -0.168. The summed E-state index contributed by atoms with van der Waals surface area (Å²) >= 11 is 0. The smallest absolute Gasteiger partial charge is 0.335 e. The van der Waals surface area contributed by atoms with Crippen molar-refractivity contribution in [2.24, 2.45) is 0 Å². The van der Waals surface area contributed by atoms with E-state index in [1.54, 1.807) is 18.2 Å². The van der Waals surface area contributed by atoms with Crippen LogP contribution in [-0.4, -0.2) is 34.1 Å². The summed E-state index contributed by atoms with van der Waals surface area (Å²) in [5, 5.41) is 10.1. The summed E-state index contributed by atoms with van der Waals surface area (Å²) in [7, 11) is 0. The number of carboxylic acids is 1. The number of carboxylic acid groups (broad SMARTS) is 1. The molecule has 4 aromatic rings. The molecule has 0 amide bonds. The predicted octanol–water partition coefficient (Wildman–Crippen LogP) is 5.26. The van der Waals surface area contributed by atoms with Crippen LogP contribution in [0.15, 0.2) is 46.9 Å². The maximum Gasteiger partial charge on any atom is 0.335 e. The van der Waals surface area contributed by atoms with Crippen LogP contribution in [0.4, 0.5) is 10.2 Å². The number of anilines is 1. The fraction of sp³-hybridized carbons (Fsp3) is 0.261. The van der Waals surface area contributed by atoms with Gasteiger partial charge in [0.05, 0.1) is 16.6 Å². The molecule has 1 N–H and O–H groups in total. The molecular weight excluding hydrogens is 385 g/mol. The predicted molar refractivity (Wildman–Crippen MR) is 112 cm³/mol. The molecule has 6 nitrogen and oxygen atoms in total. The van der Waals surface area contributed by atoms with Crippen LogP contribution >= 0.6 is 0 Å². The summed E-state index contributed by atoms with van der Waals surface area (Å²) in [5.41, 5.74) is 2.32. The molecule has 0 spiro atoms. The molecule has 1 aliphatic heterocycles. The van der Waals surface area contributed by atoms with E-state index in [-0.39, 0.29) is 11.4 Å². The van der Waals surface area contributed by atoms with E-state index < -0.39 is 5.97 Å². The van der Waals surface area contributed by atoms with Crippen molar-refractivity contribution in [3.8, 4) is 11.5 Å². The zero-order valence-corrected chi connectivity index (χ0v) is 16.3. The maximum absolute atomic E-state index is 13.6. The van der Waals surface area contributed by atoms with E-state index in [0.29, 0.717) is 33.9 Å². The molecule has 3 heterocycles. The largest absolute Gasteiger partial charge is 0.478 e. The lowest BCUT2D eigenvalue weighted by Crippen LogP contribution is -2.26. The first-order valence-electron chi connectivity index (χ1n) is 10.1. The van der Waals surface area contributed by atoms with Gasteiger partial charge in [-0.05, 0) is 49.2 Å². The van der Waals surface area contributed by atoms with Gasteiger partial charge in [-0.2, -0.15) is 0 Å². The average molecular weight is 405 g/mol. The first-order chi connectivity index (χ1) is 14.6. The number of hydrogen-bond acceptors (Lipinski definition) is 5. The minimum atomic E-state index is -1.00. The van der Waals surface area contributed by atoms with Crippen molar-refractivity contribution in [3.05, 3.63) is 53.8 Å². The Morgan fingerprint density at radius 3 is 2.53 bits per heavy atom. The third-order valence-electron chi connectivity index (χ3n) is 5.51. The van der Waals surface area contributed by atoms with Crippen molar-refractivity contribution in [2.75, 3.05) is 18.0 Å². The summed E-state index contributed by atoms with van der Waals surface area (Å²) in [6.07, 6.45) is 4.44. The second-order valence-electron chi connectivity index (χ2n) is 7.60. The highest BCUT2D eigenvalue weighted by Crippen LogP contribution is 2.35. The second-order valence-corrected chi connectivity index (χ2v) is 7.60. The van der Waals surface area contributed by atoms with E-state index in [9.17, 15) is 14.3 Å². The molecule has 1 saturated heterocycles. The molecule has 0 unspecified atom stereocenters. The summed E-state index contributed by atoms with van der Waals surface area (Å²) < 4.78 is 19.6. The number of fused-ring (bicyclic) bond motifs is 2. The molecule has 5 rings (SSSR count). The van der Waals surface area contributed by atoms with Crippen molar-refractivity contribution in [1.29, 1.82) is 0 Å². The first kappa shape index (κ1) is 18.5. The zero-order chi connectivity index (χ0) is 20.7. The molecule has 0 radical (unpaired) electrons. The number of aromatic carboxylic acids is 1. The van der Waals surface area contributed by atoms with Crippen LogP contribution in [0, 0.1) is 5.82 Å². The summed E-state index contributed by atoms with van der Waals surface area (Å²) in [6, 6.07) is 11.0. The van der Waals surface area contributed by atoms with Gasteiger partial charge in [-0.15, -0.1) is 0 Å². The van der Waals surface area contributed by atoms with Crippen molar-refractivity contribution >= 4 is 33.8 Å². The van der Waals surface area contributed by atoms with E-state index in [2.05, 4.69) is 4.90 Å². The summed E-state index contributed by atoms with van der Waals surface area (Å²) in [6.45, 7) is 1.70. The van der Waals surface area contributed by atoms with Crippen LogP contribution < -0.4 is 4.90 Å². The minimum Gasteiger partial charge on any atom is -0.478 e. The van der Waals surface area contributed by atoms with E-state index in [4.69, 9.17) is 14.4 Å². The molecule has 0 atom stereocenters. The number of hydrogen-bond donors (Lipinski definition) is 1. The highest BCUT2D eigenvalue weighted by molar-refractivity contribution is 5.93. The highest BCUT2D eigenvalue weighted by atomic mass is 19.1. The van der Waals surface area contributed by atoms with Crippen molar-refractivity contribution in [3.63, 3.8) is 0 Å². The topological polar surface area (TPSA) is 79.5 Å². The van der Waals surface area contributed by atoms with Gasteiger partial charge in [-0.3, -0.25) is 0 Å². The molecule has 0 bridgehead atoms. The third-order valence-corrected chi connectivity index (χ3v) is 5.51. The Morgan fingerprint density at radius 1 is 0.967 bits per heavy atom. The number of nitrogens with zero attached hydrogens (tertiary/aromatic N) is 3. The number of halogens is 1. The third kappa shape index (κ3) is 3.36.